The Balaban J connectivity index is 0.00000512. The van der Waals surface area contributed by atoms with Crippen LogP contribution in [0.2, 0.25) is 0 Å². The minimum Gasteiger partial charge on any atom is -0.356 e. The predicted molar refractivity (Wildman–Crippen MR) is 144 cm³/mol. The van der Waals surface area contributed by atoms with Gasteiger partial charge in [-0.25, -0.2) is 4.99 Å². The van der Waals surface area contributed by atoms with Crippen molar-refractivity contribution in [1.82, 2.24) is 20.4 Å². The Kier molecular flexibility index (Phi) is 12.9. The molecule has 0 saturated heterocycles. The monoisotopic (exact) mass is 551 g/mol. The van der Waals surface area contributed by atoms with Crippen molar-refractivity contribution < 1.29 is 4.79 Å². The molecule has 0 heterocycles. The molecule has 32 heavy (non-hydrogen) atoms. The number of guanidine groups is 1. The van der Waals surface area contributed by atoms with Gasteiger partial charge in [-0.05, 0) is 38.4 Å². The van der Waals surface area contributed by atoms with Crippen LogP contribution < -0.4 is 10.6 Å². The number of benzene rings is 2. The van der Waals surface area contributed by atoms with E-state index in [0.717, 1.165) is 19.5 Å². The Bertz CT molecular complexity index is 814. The van der Waals surface area contributed by atoms with Crippen LogP contribution in [0.1, 0.15) is 37.4 Å². The van der Waals surface area contributed by atoms with Crippen molar-refractivity contribution in [3.8, 4) is 0 Å². The van der Waals surface area contributed by atoms with E-state index >= 15 is 0 Å². The number of hydrogen-bond donors (Lipinski definition) is 2. The third-order valence-corrected chi connectivity index (χ3v) is 5.41. The van der Waals surface area contributed by atoms with Crippen LogP contribution in [0.25, 0.3) is 0 Å². The molecule has 0 bridgehead atoms. The van der Waals surface area contributed by atoms with E-state index in [0.29, 0.717) is 12.0 Å². The summed E-state index contributed by atoms with van der Waals surface area (Å²) in [5.41, 5.74) is 2.49. The molecular weight excluding hydrogens is 513 g/mol. The van der Waals surface area contributed by atoms with E-state index in [2.05, 4.69) is 77.8 Å². The average Bonchev–Trinajstić information content (AvgIpc) is 2.78. The molecular formula is C25H38IN5O. The van der Waals surface area contributed by atoms with Crippen LogP contribution in [-0.4, -0.2) is 61.9 Å². The summed E-state index contributed by atoms with van der Waals surface area (Å²) in [6, 6.07) is 21.2. The van der Waals surface area contributed by atoms with Gasteiger partial charge in [0.15, 0.2) is 5.96 Å². The fraction of sp³-hybridized carbons (Fsp3) is 0.440. The van der Waals surface area contributed by atoms with Crippen molar-refractivity contribution in [2.45, 2.75) is 38.9 Å². The van der Waals surface area contributed by atoms with Crippen LogP contribution in [0.3, 0.4) is 0 Å². The van der Waals surface area contributed by atoms with Crippen LogP contribution >= 0.6 is 24.0 Å². The molecule has 0 aliphatic carbocycles. The van der Waals surface area contributed by atoms with Gasteiger partial charge in [0.1, 0.15) is 6.54 Å². The van der Waals surface area contributed by atoms with Crippen molar-refractivity contribution in [1.29, 1.82) is 0 Å². The Morgan fingerprint density at radius 2 is 1.56 bits per heavy atom. The van der Waals surface area contributed by atoms with Gasteiger partial charge in [-0.1, -0.05) is 60.7 Å². The van der Waals surface area contributed by atoms with Gasteiger partial charge < -0.3 is 15.5 Å². The van der Waals surface area contributed by atoms with Gasteiger partial charge in [0.05, 0.1) is 6.04 Å². The largest absolute Gasteiger partial charge is 0.356 e. The Morgan fingerprint density at radius 1 is 0.969 bits per heavy atom. The summed E-state index contributed by atoms with van der Waals surface area (Å²) in [7, 11) is 5.64. The molecule has 2 aromatic rings. The molecule has 6 nitrogen and oxygen atoms in total. The van der Waals surface area contributed by atoms with Crippen molar-refractivity contribution in [3.05, 3.63) is 71.8 Å². The average molecular weight is 552 g/mol. The zero-order chi connectivity index (χ0) is 22.6. The topological polar surface area (TPSA) is 60.0 Å². The van der Waals surface area contributed by atoms with Gasteiger partial charge in [-0.2, -0.15) is 0 Å². The lowest BCUT2D eigenvalue weighted by Crippen LogP contribution is -2.41. The summed E-state index contributed by atoms with van der Waals surface area (Å²) in [6.45, 7) is 6.13. The fourth-order valence-electron chi connectivity index (χ4n) is 3.12. The van der Waals surface area contributed by atoms with Crippen LogP contribution in [0.4, 0.5) is 0 Å². The first-order valence-electron chi connectivity index (χ1n) is 10.9. The number of aliphatic imine (C=N–C) groups is 1. The second-order valence-electron chi connectivity index (χ2n) is 8.19. The van der Waals surface area contributed by atoms with E-state index < -0.39 is 0 Å². The van der Waals surface area contributed by atoms with Crippen molar-refractivity contribution >= 4 is 35.8 Å². The van der Waals surface area contributed by atoms with Crippen molar-refractivity contribution in [2.24, 2.45) is 4.99 Å². The highest BCUT2D eigenvalue weighted by molar-refractivity contribution is 14.0. The highest BCUT2D eigenvalue weighted by Crippen LogP contribution is 2.11. The third kappa shape index (κ3) is 9.99. The molecule has 0 saturated carbocycles. The first kappa shape index (κ1) is 27.9. The third-order valence-electron chi connectivity index (χ3n) is 5.41. The standard InChI is InChI=1S/C25H37N5O.HI/c1-20(30(5)19-22-12-8-6-9-13-22)16-17-26-25(27-18-24(31)29(3)4)28-21(2)23-14-10-7-11-15-23;/h6-15,20-21H,16-19H2,1-5H3,(H2,26,27,28);1H. The number of amides is 1. The second-order valence-corrected chi connectivity index (χ2v) is 8.19. The summed E-state index contributed by atoms with van der Waals surface area (Å²) in [6.07, 6.45) is 0.964. The molecule has 7 heteroatoms. The number of carbonyl (C=O) groups excluding carboxylic acids is 1. The molecule has 1 amide bonds. The number of hydrogen-bond acceptors (Lipinski definition) is 3. The Labute approximate surface area is 210 Å². The first-order chi connectivity index (χ1) is 14.9. The van der Waals surface area contributed by atoms with Crippen LogP contribution in [0.5, 0.6) is 0 Å². The lowest BCUT2D eigenvalue weighted by molar-refractivity contribution is -0.127. The summed E-state index contributed by atoms with van der Waals surface area (Å²) in [4.78, 5) is 20.4. The molecule has 2 aromatic carbocycles. The molecule has 0 aliphatic rings. The maximum atomic E-state index is 12.0. The molecule has 176 valence electrons. The van der Waals surface area contributed by atoms with E-state index in [1.807, 2.05) is 24.3 Å². The number of carbonyl (C=O) groups is 1. The maximum Gasteiger partial charge on any atom is 0.243 e. The summed E-state index contributed by atoms with van der Waals surface area (Å²) in [5, 5.41) is 6.83. The summed E-state index contributed by atoms with van der Waals surface area (Å²) in [5.74, 6) is 0.633. The molecule has 2 unspecified atom stereocenters. The van der Waals surface area contributed by atoms with E-state index in [4.69, 9.17) is 0 Å². The SMILES string of the molecule is CC(NC(=NCC(=O)N(C)C)NCCC(C)N(C)Cc1ccccc1)c1ccccc1.I. The molecule has 0 fully saturated rings. The molecule has 2 rings (SSSR count). The lowest BCUT2D eigenvalue weighted by Gasteiger charge is -2.25. The van der Waals surface area contributed by atoms with Gasteiger partial charge >= 0.3 is 0 Å². The minimum atomic E-state index is -0.0237. The summed E-state index contributed by atoms with van der Waals surface area (Å²) >= 11 is 0. The molecule has 2 atom stereocenters. The van der Waals surface area contributed by atoms with Gasteiger partial charge in [-0.3, -0.25) is 9.69 Å². The number of likely N-dealkylation sites (N-methyl/N-ethyl adjacent to an activating group) is 1. The lowest BCUT2D eigenvalue weighted by atomic mass is 10.1. The van der Waals surface area contributed by atoms with Crippen molar-refractivity contribution in [2.75, 3.05) is 34.2 Å². The number of nitrogens with zero attached hydrogens (tertiary/aromatic N) is 3. The van der Waals surface area contributed by atoms with E-state index in [9.17, 15) is 4.79 Å². The zero-order valence-electron chi connectivity index (χ0n) is 19.9. The number of halogens is 1. The highest BCUT2D eigenvalue weighted by Gasteiger charge is 2.12. The van der Waals surface area contributed by atoms with Crippen molar-refractivity contribution in [3.63, 3.8) is 0 Å². The second kappa shape index (κ2) is 14.8. The normalized spacial score (nSPS) is 13.1. The summed E-state index contributed by atoms with van der Waals surface area (Å²) < 4.78 is 0. The molecule has 0 radical (unpaired) electrons. The smallest absolute Gasteiger partial charge is 0.243 e. The first-order valence-corrected chi connectivity index (χ1v) is 10.9. The Hall–Kier alpha value is -2.13. The molecule has 0 aromatic heterocycles. The predicted octanol–water partition coefficient (Wildman–Crippen LogP) is 3.90. The Morgan fingerprint density at radius 3 is 2.16 bits per heavy atom. The molecule has 0 aliphatic heterocycles. The number of nitrogens with one attached hydrogen (secondary N) is 2. The molecule has 0 spiro atoms. The van der Waals surface area contributed by atoms with Crippen LogP contribution in [-0.2, 0) is 11.3 Å². The minimum absolute atomic E-state index is 0. The quantitative estimate of drug-likeness (QED) is 0.267. The maximum absolute atomic E-state index is 12.0. The van der Waals surface area contributed by atoms with E-state index in [1.54, 1.807) is 19.0 Å². The van der Waals surface area contributed by atoms with Crippen LogP contribution in [0.15, 0.2) is 65.7 Å². The number of rotatable bonds is 10. The molecule has 2 N–H and O–H groups in total. The van der Waals surface area contributed by atoms with Gasteiger partial charge in [-0.15, -0.1) is 24.0 Å². The highest BCUT2D eigenvalue weighted by atomic mass is 127. The van der Waals surface area contributed by atoms with Crippen LogP contribution in [0, 0.1) is 0 Å². The van der Waals surface area contributed by atoms with Gasteiger partial charge in [0.2, 0.25) is 5.91 Å². The van der Waals surface area contributed by atoms with Gasteiger partial charge in [0, 0.05) is 33.2 Å². The van der Waals surface area contributed by atoms with E-state index in [-0.39, 0.29) is 42.5 Å². The zero-order valence-corrected chi connectivity index (χ0v) is 22.2. The van der Waals surface area contributed by atoms with Gasteiger partial charge in [0.25, 0.3) is 0 Å². The fourth-order valence-corrected chi connectivity index (χ4v) is 3.12. The van der Waals surface area contributed by atoms with E-state index in [1.165, 1.54) is 11.1 Å².